The third-order valence-corrected chi connectivity index (χ3v) is 12.4. The predicted molar refractivity (Wildman–Crippen MR) is 238 cm³/mol. The number of aromatic nitrogens is 1. The molecule has 1 aliphatic rings. The number of furan rings is 1. The van der Waals surface area contributed by atoms with Crippen molar-refractivity contribution < 1.29 is 4.42 Å². The van der Waals surface area contributed by atoms with E-state index in [1.54, 1.807) is 0 Å². The second kappa shape index (κ2) is 12.6. The number of aliphatic imine (C=N–C) groups is 2. The van der Waals surface area contributed by atoms with Gasteiger partial charge in [-0.25, -0.2) is 9.98 Å². The number of rotatable bonds is 5. The van der Waals surface area contributed by atoms with Crippen molar-refractivity contribution in [2.24, 2.45) is 9.98 Å². The average molecular weight is 749 g/mol. The summed E-state index contributed by atoms with van der Waals surface area (Å²) in [7, 11) is 0. The molecule has 0 saturated carbocycles. The molecule has 0 bridgehead atoms. The van der Waals surface area contributed by atoms with Crippen molar-refractivity contribution in [3.8, 4) is 16.8 Å². The van der Waals surface area contributed by atoms with E-state index in [1.807, 2.05) is 47.7 Å². The molecule has 11 aromatic rings. The van der Waals surface area contributed by atoms with Gasteiger partial charge in [-0.1, -0.05) is 127 Å². The Morgan fingerprint density at radius 3 is 1.96 bits per heavy atom. The molecule has 0 aliphatic carbocycles. The highest BCUT2D eigenvalue weighted by Crippen LogP contribution is 2.45. The summed E-state index contributed by atoms with van der Waals surface area (Å²) in [5, 5.41) is 10.8. The largest absolute Gasteiger partial charge is 0.456 e. The molecule has 0 radical (unpaired) electrons. The molecule has 1 aliphatic heterocycles. The lowest BCUT2D eigenvalue weighted by Crippen LogP contribution is -2.33. The summed E-state index contributed by atoms with van der Waals surface area (Å²) in [6, 6.07) is 64.4. The van der Waals surface area contributed by atoms with Crippen molar-refractivity contribution in [1.29, 1.82) is 0 Å². The molecule has 6 heteroatoms. The van der Waals surface area contributed by atoms with Crippen LogP contribution in [0.4, 0.5) is 0 Å². The highest BCUT2D eigenvalue weighted by atomic mass is 32.1. The van der Waals surface area contributed by atoms with Gasteiger partial charge in [0, 0.05) is 58.5 Å². The Kier molecular flexibility index (Phi) is 7.09. The summed E-state index contributed by atoms with van der Waals surface area (Å²) in [6.45, 7) is 0. The van der Waals surface area contributed by atoms with Gasteiger partial charge in [-0.2, -0.15) is 0 Å². The molecule has 3 aromatic heterocycles. The van der Waals surface area contributed by atoms with E-state index in [1.165, 1.54) is 47.5 Å². The minimum Gasteiger partial charge on any atom is -0.456 e. The zero-order valence-electron chi connectivity index (χ0n) is 30.6. The summed E-state index contributed by atoms with van der Waals surface area (Å²) in [4.78, 5) is 10.2. The van der Waals surface area contributed by atoms with E-state index < -0.39 is 0 Å². The van der Waals surface area contributed by atoms with Crippen molar-refractivity contribution in [3.05, 3.63) is 199 Å². The number of thiophene rings is 1. The van der Waals surface area contributed by atoms with Crippen molar-refractivity contribution in [1.82, 2.24) is 9.88 Å². The number of amidine groups is 2. The van der Waals surface area contributed by atoms with Gasteiger partial charge in [0.25, 0.3) is 0 Å². The van der Waals surface area contributed by atoms with Crippen LogP contribution >= 0.6 is 11.3 Å². The van der Waals surface area contributed by atoms with Crippen LogP contribution in [0.3, 0.4) is 0 Å². The Bertz CT molecular complexity index is 3390. The third-order valence-electron chi connectivity index (χ3n) is 11.3. The molecule has 1 atom stereocenters. The van der Waals surface area contributed by atoms with E-state index in [2.05, 4.69) is 155 Å². The van der Waals surface area contributed by atoms with Gasteiger partial charge in [-0.05, 0) is 71.3 Å². The van der Waals surface area contributed by atoms with Crippen LogP contribution in [0.1, 0.15) is 22.9 Å². The first kappa shape index (κ1) is 32.0. The Morgan fingerprint density at radius 2 is 1.19 bits per heavy atom. The lowest BCUT2D eigenvalue weighted by atomic mass is 9.95. The van der Waals surface area contributed by atoms with Gasteiger partial charge in [0.2, 0.25) is 0 Å². The zero-order chi connectivity index (χ0) is 37.5. The number of benzene rings is 8. The fourth-order valence-corrected chi connectivity index (χ4v) is 9.81. The van der Waals surface area contributed by atoms with E-state index in [0.717, 1.165) is 55.7 Å². The summed E-state index contributed by atoms with van der Waals surface area (Å²) in [5.74, 6) is 1.50. The van der Waals surface area contributed by atoms with E-state index >= 15 is 0 Å². The van der Waals surface area contributed by atoms with Crippen LogP contribution in [-0.4, -0.2) is 16.2 Å². The van der Waals surface area contributed by atoms with Gasteiger partial charge in [0.05, 0.1) is 11.0 Å². The molecule has 1 N–H and O–H groups in total. The summed E-state index contributed by atoms with van der Waals surface area (Å²) < 4.78 is 11.5. The SMILES string of the molecule is c1ccc(C2=NC(c3ccc4oc5cccc(-c6cccc7sc8ccc(-n9c%10ccccc%10c%10ccccc%109)cc8c67)c5c4c3)NC(c3ccccc3)=N2)cc1. The van der Waals surface area contributed by atoms with E-state index in [9.17, 15) is 0 Å². The molecule has 0 saturated heterocycles. The van der Waals surface area contributed by atoms with Crippen LogP contribution in [0.2, 0.25) is 0 Å². The lowest BCUT2D eigenvalue weighted by Gasteiger charge is -2.23. The van der Waals surface area contributed by atoms with E-state index in [-0.39, 0.29) is 6.17 Å². The second-order valence-corrected chi connectivity index (χ2v) is 15.6. The first-order valence-electron chi connectivity index (χ1n) is 19.2. The molecule has 5 nitrogen and oxygen atoms in total. The highest BCUT2D eigenvalue weighted by molar-refractivity contribution is 7.26. The van der Waals surface area contributed by atoms with Gasteiger partial charge in [0.15, 0.2) is 5.84 Å². The van der Waals surface area contributed by atoms with Gasteiger partial charge in [0.1, 0.15) is 23.2 Å². The quantitative estimate of drug-likeness (QED) is 0.191. The molecule has 0 amide bonds. The smallest absolute Gasteiger partial charge is 0.159 e. The van der Waals surface area contributed by atoms with Crippen LogP contribution < -0.4 is 5.32 Å². The fraction of sp³-hybridized carbons (Fsp3) is 0.0196. The van der Waals surface area contributed by atoms with Gasteiger partial charge < -0.3 is 14.3 Å². The highest BCUT2D eigenvalue weighted by Gasteiger charge is 2.23. The molecule has 1 unspecified atom stereocenters. The van der Waals surface area contributed by atoms with Crippen LogP contribution in [0.5, 0.6) is 0 Å². The van der Waals surface area contributed by atoms with Crippen molar-refractivity contribution in [2.75, 3.05) is 0 Å². The van der Waals surface area contributed by atoms with Crippen LogP contribution in [-0.2, 0) is 0 Å². The Labute approximate surface area is 331 Å². The summed E-state index contributed by atoms with van der Waals surface area (Å²) in [5.41, 5.74) is 10.6. The first-order valence-corrected chi connectivity index (χ1v) is 20.0. The minimum absolute atomic E-state index is 0.349. The summed E-state index contributed by atoms with van der Waals surface area (Å²) in [6.07, 6.45) is -0.349. The normalized spacial score (nSPS) is 14.5. The average Bonchev–Trinajstić information content (AvgIpc) is 3.96. The monoisotopic (exact) mass is 748 g/mol. The second-order valence-electron chi connectivity index (χ2n) is 14.6. The standard InChI is InChI=1S/C51H32N4OS/c1-3-13-31(14-4-1)49-52-50(32-15-5-2-6-16-32)54-51(53-49)33-25-27-43-39(29-33)47-37(19-11-23-44(47)56-43)38-20-12-24-46-48(38)40-30-34(26-28-45(40)57-46)55-41-21-9-7-17-35(41)36-18-8-10-22-42(36)55/h1-30,51H,(H,52,53,54). The topological polar surface area (TPSA) is 54.8 Å². The lowest BCUT2D eigenvalue weighted by molar-refractivity contribution is 0.663. The molecule has 0 spiro atoms. The number of fused-ring (bicyclic) bond motifs is 9. The number of nitrogens with one attached hydrogen (secondary N) is 1. The van der Waals surface area contributed by atoms with Crippen LogP contribution in [0, 0.1) is 0 Å². The number of hydrogen-bond acceptors (Lipinski definition) is 5. The molecule has 268 valence electrons. The zero-order valence-corrected chi connectivity index (χ0v) is 31.4. The Hall–Kier alpha value is -7.28. The van der Waals surface area contributed by atoms with Crippen molar-refractivity contribution >= 4 is 86.9 Å². The van der Waals surface area contributed by atoms with Crippen LogP contribution in [0.15, 0.2) is 196 Å². The Morgan fingerprint density at radius 1 is 0.509 bits per heavy atom. The number of para-hydroxylation sites is 2. The number of hydrogen-bond donors (Lipinski definition) is 1. The van der Waals surface area contributed by atoms with E-state index in [4.69, 9.17) is 14.4 Å². The fourth-order valence-electron chi connectivity index (χ4n) is 8.70. The van der Waals surface area contributed by atoms with Gasteiger partial charge in [-0.3, -0.25) is 0 Å². The summed E-state index contributed by atoms with van der Waals surface area (Å²) >= 11 is 1.85. The molecule has 8 aromatic carbocycles. The number of nitrogens with zero attached hydrogens (tertiary/aromatic N) is 3. The van der Waals surface area contributed by atoms with Gasteiger partial charge >= 0.3 is 0 Å². The maximum Gasteiger partial charge on any atom is 0.159 e. The maximum atomic E-state index is 6.59. The van der Waals surface area contributed by atoms with Crippen molar-refractivity contribution in [2.45, 2.75) is 6.17 Å². The molecule has 0 fully saturated rings. The molecule has 4 heterocycles. The third kappa shape index (κ3) is 5.08. The Balaban J connectivity index is 1.04. The van der Waals surface area contributed by atoms with Crippen LogP contribution in [0.25, 0.3) is 80.7 Å². The minimum atomic E-state index is -0.349. The predicted octanol–water partition coefficient (Wildman–Crippen LogP) is 13.2. The maximum absolute atomic E-state index is 6.59. The van der Waals surface area contributed by atoms with Crippen molar-refractivity contribution in [3.63, 3.8) is 0 Å². The molecular formula is C51H32N4OS. The molecule has 12 rings (SSSR count). The molecular weight excluding hydrogens is 717 g/mol. The molecule has 57 heavy (non-hydrogen) atoms. The first-order chi connectivity index (χ1) is 28.2. The van der Waals surface area contributed by atoms with E-state index in [0.29, 0.717) is 5.84 Å². The van der Waals surface area contributed by atoms with Gasteiger partial charge in [-0.15, -0.1) is 11.3 Å².